The first-order valence-electron chi connectivity index (χ1n) is 12.5. The SMILES string of the molecule is CC(C)(C)O.CC(C)(C)O.CC(C)(C)O.CC(C)(C)O.CC(C)[O-].CC(C)[O-].CC(C)[O-].CC(C)[O-].[Zr+4].[Zr]. The van der Waals surface area contributed by atoms with Gasteiger partial charge in [-0.15, -0.1) is 24.4 Å². The van der Waals surface area contributed by atoms with Crippen LogP contribution in [0.3, 0.4) is 0 Å². The van der Waals surface area contributed by atoms with E-state index in [1.807, 2.05) is 0 Å². The number of hydrogen-bond acceptors (Lipinski definition) is 8. The topological polar surface area (TPSA) is 173 Å². The molecule has 0 saturated carbocycles. The molecule has 0 radical (unpaired) electrons. The van der Waals surface area contributed by atoms with E-state index in [1.165, 1.54) is 0 Å². The molecule has 38 heavy (non-hydrogen) atoms. The van der Waals surface area contributed by atoms with Crippen molar-refractivity contribution in [3.8, 4) is 0 Å². The van der Waals surface area contributed by atoms with Gasteiger partial charge in [0.1, 0.15) is 0 Å². The standard InChI is InChI=1S/4C4H10O.4C3H7O.2Zr/c4*1-4(2,3)5;4*1-3(2)4;;/h4*5H,1-3H3;4*3H,1-2H3;;/q;;;;4*-1;;+4. The molecule has 236 valence electrons. The van der Waals surface area contributed by atoms with Crippen LogP contribution in [0.15, 0.2) is 0 Å². The molecule has 0 aliphatic rings. The van der Waals surface area contributed by atoms with Crippen molar-refractivity contribution in [2.24, 2.45) is 0 Å². The summed E-state index contributed by atoms with van der Waals surface area (Å²) in [5.41, 5.74) is -2.00. The maximum absolute atomic E-state index is 9.53. The van der Waals surface area contributed by atoms with Crippen molar-refractivity contribution >= 4 is 0 Å². The molecule has 0 spiro atoms. The van der Waals surface area contributed by atoms with Gasteiger partial charge in [0.05, 0.1) is 22.4 Å². The number of aliphatic hydroxyl groups is 4. The Kier molecular flexibility index (Phi) is 68.0. The summed E-state index contributed by atoms with van der Waals surface area (Å²) in [4.78, 5) is 0. The van der Waals surface area contributed by atoms with Crippen molar-refractivity contribution in [1.82, 2.24) is 0 Å². The largest absolute Gasteiger partial charge is 4.00 e. The number of rotatable bonds is 0. The molecule has 0 aliphatic carbocycles. The maximum atomic E-state index is 9.53. The summed E-state index contributed by atoms with van der Waals surface area (Å²) in [6.07, 6.45) is -1.67. The zero-order valence-corrected chi connectivity index (χ0v) is 33.6. The van der Waals surface area contributed by atoms with Gasteiger partial charge in [-0.05, 0) is 83.1 Å². The second kappa shape index (κ2) is 38.4. The molecule has 0 aromatic heterocycles. The van der Waals surface area contributed by atoms with Gasteiger partial charge in [-0.3, -0.25) is 0 Å². The molecule has 0 heterocycles. The van der Waals surface area contributed by atoms with E-state index in [4.69, 9.17) is 20.4 Å². The van der Waals surface area contributed by atoms with Gasteiger partial charge in [0.15, 0.2) is 0 Å². The number of hydrogen-bond donors (Lipinski definition) is 4. The first-order chi connectivity index (χ1) is 14.9. The Labute approximate surface area is 276 Å². The fraction of sp³-hybridized carbons (Fsp3) is 1.00. The molecule has 0 aliphatic heterocycles. The maximum Gasteiger partial charge on any atom is 4.00 e. The zero-order valence-electron chi connectivity index (χ0n) is 28.7. The molecule has 0 saturated heterocycles. The Bertz CT molecular complexity index is 258. The van der Waals surface area contributed by atoms with Crippen LogP contribution in [0.1, 0.15) is 138 Å². The van der Waals surface area contributed by atoms with E-state index in [9.17, 15) is 20.4 Å². The molecular formula is C28H68O8Zr2. The molecule has 10 heteroatoms. The van der Waals surface area contributed by atoms with Crippen molar-refractivity contribution in [2.45, 2.75) is 185 Å². The average molecular weight is 715 g/mol. The smallest absolute Gasteiger partial charge is 0.852 e. The van der Waals surface area contributed by atoms with Crippen LogP contribution in [0.25, 0.3) is 0 Å². The van der Waals surface area contributed by atoms with E-state index in [0.29, 0.717) is 0 Å². The van der Waals surface area contributed by atoms with Gasteiger partial charge in [0.2, 0.25) is 0 Å². The van der Waals surface area contributed by atoms with Crippen LogP contribution in [0.2, 0.25) is 0 Å². The van der Waals surface area contributed by atoms with Crippen LogP contribution in [0, 0.1) is 0 Å². The minimum absolute atomic E-state index is 0. The monoisotopic (exact) mass is 712 g/mol. The Morgan fingerprint density at radius 1 is 0.342 bits per heavy atom. The zero-order chi connectivity index (χ0) is 32.3. The van der Waals surface area contributed by atoms with E-state index < -0.39 is 46.8 Å². The predicted molar refractivity (Wildman–Crippen MR) is 148 cm³/mol. The van der Waals surface area contributed by atoms with Gasteiger partial charge in [0.25, 0.3) is 0 Å². The third-order valence-corrected chi connectivity index (χ3v) is 0. The van der Waals surface area contributed by atoms with Gasteiger partial charge in [-0.1, -0.05) is 55.4 Å². The Morgan fingerprint density at radius 3 is 0.342 bits per heavy atom. The quantitative estimate of drug-likeness (QED) is 0.296. The molecule has 8 nitrogen and oxygen atoms in total. The summed E-state index contributed by atoms with van der Waals surface area (Å²) in [5.74, 6) is 0. The van der Waals surface area contributed by atoms with Gasteiger partial charge >= 0.3 is 26.2 Å². The Hall–Kier alpha value is 1.45. The minimum atomic E-state index is -0.500. The normalized spacial score (nSPS) is 10.1. The van der Waals surface area contributed by atoms with E-state index in [-0.39, 0.29) is 52.4 Å². The second-order valence-electron chi connectivity index (χ2n) is 12.9. The van der Waals surface area contributed by atoms with Crippen LogP contribution in [0.5, 0.6) is 0 Å². The molecule has 0 aromatic carbocycles. The summed E-state index contributed by atoms with van der Waals surface area (Å²) in [6, 6.07) is 0. The molecular weight excluding hydrogens is 647 g/mol. The Balaban J connectivity index is -0.0000000293. The van der Waals surface area contributed by atoms with Gasteiger partial charge in [-0.2, -0.15) is 0 Å². The van der Waals surface area contributed by atoms with Crippen molar-refractivity contribution in [1.29, 1.82) is 0 Å². The van der Waals surface area contributed by atoms with Gasteiger partial charge in [0, 0.05) is 26.2 Å². The molecule has 0 aromatic rings. The van der Waals surface area contributed by atoms with Gasteiger partial charge in [-0.25, -0.2) is 0 Å². The van der Waals surface area contributed by atoms with Crippen molar-refractivity contribution in [2.75, 3.05) is 0 Å². The summed E-state index contributed by atoms with van der Waals surface area (Å²) in [5, 5.41) is 72.2. The molecule has 0 fully saturated rings. The van der Waals surface area contributed by atoms with E-state index in [1.54, 1.807) is 138 Å². The van der Waals surface area contributed by atoms with Crippen LogP contribution >= 0.6 is 0 Å². The molecule has 4 N–H and O–H groups in total. The third-order valence-electron chi connectivity index (χ3n) is 0. The van der Waals surface area contributed by atoms with Crippen molar-refractivity contribution in [3.63, 3.8) is 0 Å². The average Bonchev–Trinajstić information content (AvgIpc) is 2.24. The Morgan fingerprint density at radius 2 is 0.342 bits per heavy atom. The summed E-state index contributed by atoms with van der Waals surface area (Å²) >= 11 is 0. The molecule has 0 amide bonds. The van der Waals surface area contributed by atoms with Crippen LogP contribution in [-0.2, 0) is 52.4 Å². The third kappa shape index (κ3) is 23800. The first-order valence-corrected chi connectivity index (χ1v) is 12.5. The van der Waals surface area contributed by atoms with E-state index >= 15 is 0 Å². The minimum Gasteiger partial charge on any atom is -0.852 e. The van der Waals surface area contributed by atoms with Crippen LogP contribution < -0.4 is 20.4 Å². The van der Waals surface area contributed by atoms with Crippen molar-refractivity contribution < 1.29 is 93.3 Å². The van der Waals surface area contributed by atoms with Crippen LogP contribution in [-0.4, -0.2) is 67.2 Å². The molecule has 0 atom stereocenters. The first kappa shape index (κ1) is 67.2. The summed E-state index contributed by atoms with van der Waals surface area (Å²) in [6.45, 7) is 33.8. The van der Waals surface area contributed by atoms with Crippen LogP contribution in [0.4, 0.5) is 0 Å². The summed E-state index contributed by atoms with van der Waals surface area (Å²) in [7, 11) is 0. The van der Waals surface area contributed by atoms with Gasteiger partial charge < -0.3 is 40.9 Å². The van der Waals surface area contributed by atoms with Crippen molar-refractivity contribution in [3.05, 3.63) is 0 Å². The molecule has 0 unspecified atom stereocenters. The molecule has 0 bridgehead atoms. The fourth-order valence-corrected chi connectivity index (χ4v) is 0. The summed E-state index contributed by atoms with van der Waals surface area (Å²) < 4.78 is 0. The predicted octanol–water partition coefficient (Wildman–Crippen LogP) is 2.12. The molecule has 0 rings (SSSR count). The van der Waals surface area contributed by atoms with E-state index in [2.05, 4.69) is 0 Å². The second-order valence-corrected chi connectivity index (χ2v) is 12.9. The fourth-order valence-electron chi connectivity index (χ4n) is 0. The van der Waals surface area contributed by atoms with E-state index in [0.717, 1.165) is 0 Å².